The number of nitriles is 3. The van der Waals surface area contributed by atoms with E-state index in [0.717, 1.165) is 0 Å². The second kappa shape index (κ2) is 8.66. The van der Waals surface area contributed by atoms with Crippen molar-refractivity contribution < 1.29 is 9.59 Å². The number of nitrogens with one attached hydrogen (secondary N) is 2. The molecule has 2 N–H and O–H groups in total. The maximum absolute atomic E-state index is 13.5. The largest absolute Gasteiger partial charge is 0.325 e. The Morgan fingerprint density at radius 3 is 2.26 bits per heavy atom. The molecule has 35 heavy (non-hydrogen) atoms. The Kier molecular flexibility index (Phi) is 5.70. The van der Waals surface area contributed by atoms with Crippen molar-refractivity contribution in [2.45, 2.75) is 12.3 Å². The van der Waals surface area contributed by atoms with Crippen LogP contribution in [0.2, 0.25) is 0 Å². The van der Waals surface area contributed by atoms with Crippen LogP contribution in [0.5, 0.6) is 0 Å². The summed E-state index contributed by atoms with van der Waals surface area (Å²) in [6.07, 6.45) is 0. The molecule has 0 radical (unpaired) electrons. The van der Waals surface area contributed by atoms with Crippen LogP contribution >= 0.6 is 0 Å². The Balaban J connectivity index is 1.83. The maximum atomic E-state index is 13.5. The van der Waals surface area contributed by atoms with Gasteiger partial charge in [-0.05, 0) is 30.7 Å². The number of hydrogen-bond acceptors (Lipinski definition) is 6. The van der Waals surface area contributed by atoms with E-state index in [1.54, 1.807) is 79.3 Å². The third-order valence-electron chi connectivity index (χ3n) is 6.36. The highest BCUT2D eigenvalue weighted by Crippen LogP contribution is 2.48. The molecule has 0 fully saturated rings. The summed E-state index contributed by atoms with van der Waals surface area (Å²) in [4.78, 5) is 40.0. The molecule has 2 atom stereocenters. The molecule has 0 aliphatic carbocycles. The first-order chi connectivity index (χ1) is 16.8. The zero-order valence-corrected chi connectivity index (χ0v) is 18.8. The van der Waals surface area contributed by atoms with Gasteiger partial charge in [-0.3, -0.25) is 19.1 Å². The molecular formula is C25H19N7O3. The number of hydrogen-bond donors (Lipinski definition) is 2. The number of fused-ring (bicyclic) bond motifs is 1. The van der Waals surface area contributed by atoms with Crippen molar-refractivity contribution in [2.75, 3.05) is 10.6 Å². The fourth-order valence-corrected chi connectivity index (χ4v) is 4.55. The van der Waals surface area contributed by atoms with Gasteiger partial charge >= 0.3 is 0 Å². The predicted octanol–water partition coefficient (Wildman–Crippen LogP) is 2.12. The van der Waals surface area contributed by atoms with Crippen LogP contribution in [0.25, 0.3) is 5.69 Å². The molecule has 1 aromatic heterocycles. The first kappa shape index (κ1) is 23.0. The van der Waals surface area contributed by atoms with Gasteiger partial charge in [0.2, 0.25) is 11.8 Å². The Labute approximate surface area is 200 Å². The minimum absolute atomic E-state index is 0.0751. The molecule has 10 nitrogen and oxygen atoms in total. The average molecular weight is 465 g/mol. The summed E-state index contributed by atoms with van der Waals surface area (Å²) >= 11 is 0. The van der Waals surface area contributed by atoms with Crippen molar-refractivity contribution in [2.24, 2.45) is 18.9 Å². The molecule has 0 saturated heterocycles. The molecule has 2 amide bonds. The van der Waals surface area contributed by atoms with E-state index in [9.17, 15) is 30.2 Å². The molecule has 2 unspecified atom stereocenters. The second-order valence-corrected chi connectivity index (χ2v) is 8.05. The number of nitrogens with zero attached hydrogens (tertiary/aromatic N) is 5. The average Bonchev–Trinajstić information content (AvgIpc) is 3.27. The van der Waals surface area contributed by atoms with Crippen molar-refractivity contribution in [1.82, 2.24) is 9.36 Å². The van der Waals surface area contributed by atoms with Crippen LogP contribution in [0, 0.1) is 52.8 Å². The van der Waals surface area contributed by atoms with E-state index in [0.29, 0.717) is 17.1 Å². The zero-order valence-electron chi connectivity index (χ0n) is 18.8. The summed E-state index contributed by atoms with van der Waals surface area (Å²) in [5.41, 5.74) is -1.21. The van der Waals surface area contributed by atoms with E-state index >= 15 is 0 Å². The van der Waals surface area contributed by atoms with Gasteiger partial charge < -0.3 is 10.6 Å². The number of aromatic nitrogens is 2. The molecule has 0 bridgehead atoms. The summed E-state index contributed by atoms with van der Waals surface area (Å²) in [5, 5.41) is 34.6. The van der Waals surface area contributed by atoms with Crippen LogP contribution in [-0.4, -0.2) is 21.2 Å². The van der Waals surface area contributed by atoms with Crippen molar-refractivity contribution in [3.05, 3.63) is 76.2 Å². The van der Waals surface area contributed by atoms with Crippen LogP contribution in [0.1, 0.15) is 11.3 Å². The first-order valence-corrected chi connectivity index (χ1v) is 10.6. The van der Waals surface area contributed by atoms with Crippen molar-refractivity contribution in [3.8, 4) is 23.9 Å². The number of para-hydroxylation sites is 2. The molecule has 3 aromatic rings. The topological polar surface area (TPSA) is 156 Å². The van der Waals surface area contributed by atoms with E-state index in [4.69, 9.17) is 0 Å². The highest BCUT2D eigenvalue weighted by molar-refractivity contribution is 6.12. The molecule has 2 heterocycles. The van der Waals surface area contributed by atoms with Gasteiger partial charge in [0.1, 0.15) is 17.0 Å². The van der Waals surface area contributed by atoms with Crippen LogP contribution < -0.4 is 16.2 Å². The van der Waals surface area contributed by atoms with Crippen LogP contribution in [0.15, 0.2) is 59.4 Å². The van der Waals surface area contributed by atoms with Crippen LogP contribution in [0.3, 0.4) is 0 Å². The van der Waals surface area contributed by atoms with Gasteiger partial charge in [0.25, 0.3) is 5.56 Å². The summed E-state index contributed by atoms with van der Waals surface area (Å²) in [6.45, 7) is 1.62. The smallest absolute Gasteiger partial charge is 0.295 e. The predicted molar refractivity (Wildman–Crippen MR) is 125 cm³/mol. The standard InChI is InChI=1S/C25H19N7O3/c1-15-21(23(34)32(31(15)2)17-8-4-3-5-9-17)30-22(33)19(14-28)25(16(12-26)13-27)18-10-6-7-11-20(18)29-24(25)35/h3-11,16,19H,1-2H3,(H,29,35)(H,30,33). The number of benzene rings is 2. The number of carbonyl (C=O) groups excluding carboxylic acids is 2. The van der Waals surface area contributed by atoms with E-state index in [2.05, 4.69) is 10.6 Å². The van der Waals surface area contributed by atoms with E-state index in [-0.39, 0.29) is 11.3 Å². The lowest BCUT2D eigenvalue weighted by Gasteiger charge is -2.31. The quantitative estimate of drug-likeness (QED) is 0.588. The summed E-state index contributed by atoms with van der Waals surface area (Å²) < 4.78 is 2.91. The van der Waals surface area contributed by atoms with E-state index in [1.807, 2.05) is 6.07 Å². The molecule has 1 aliphatic rings. The highest BCUT2D eigenvalue weighted by Gasteiger charge is 2.61. The molecule has 0 spiro atoms. The first-order valence-electron chi connectivity index (χ1n) is 10.6. The lowest BCUT2D eigenvalue weighted by Crippen LogP contribution is -2.51. The van der Waals surface area contributed by atoms with Crippen molar-refractivity contribution >= 4 is 23.2 Å². The van der Waals surface area contributed by atoms with Gasteiger partial charge in [-0.25, -0.2) is 4.68 Å². The van der Waals surface area contributed by atoms with E-state index in [1.165, 1.54) is 10.7 Å². The molecule has 0 saturated carbocycles. The fraction of sp³-hybridized carbons (Fsp3) is 0.200. The van der Waals surface area contributed by atoms with Gasteiger partial charge in [-0.15, -0.1) is 0 Å². The monoisotopic (exact) mass is 465 g/mol. The summed E-state index contributed by atoms with van der Waals surface area (Å²) in [7, 11) is 1.64. The Morgan fingerprint density at radius 1 is 1.00 bits per heavy atom. The molecule has 4 rings (SSSR count). The van der Waals surface area contributed by atoms with Gasteiger partial charge in [0, 0.05) is 12.7 Å². The molecule has 172 valence electrons. The maximum Gasteiger partial charge on any atom is 0.295 e. The molecule has 2 aromatic carbocycles. The minimum atomic E-state index is -2.08. The molecule has 1 aliphatic heterocycles. The Bertz CT molecular complexity index is 1520. The fourth-order valence-electron chi connectivity index (χ4n) is 4.55. The minimum Gasteiger partial charge on any atom is -0.325 e. The number of rotatable bonds is 5. The summed E-state index contributed by atoms with van der Waals surface area (Å²) in [6, 6.07) is 20.4. The molecule has 10 heteroatoms. The lowest BCUT2D eigenvalue weighted by atomic mass is 9.63. The van der Waals surface area contributed by atoms with Gasteiger partial charge in [0.05, 0.1) is 29.6 Å². The van der Waals surface area contributed by atoms with Gasteiger partial charge in [0.15, 0.2) is 5.92 Å². The van der Waals surface area contributed by atoms with E-state index < -0.39 is 34.6 Å². The number of anilines is 2. The second-order valence-electron chi connectivity index (χ2n) is 8.05. The molecular weight excluding hydrogens is 446 g/mol. The zero-order chi connectivity index (χ0) is 25.3. The number of amides is 2. The summed E-state index contributed by atoms with van der Waals surface area (Å²) in [5.74, 6) is -5.19. The van der Waals surface area contributed by atoms with Crippen LogP contribution in [-0.2, 0) is 22.1 Å². The van der Waals surface area contributed by atoms with Crippen molar-refractivity contribution in [3.63, 3.8) is 0 Å². The SMILES string of the molecule is Cc1c(NC(=O)C(C#N)C2(C(C#N)C#N)C(=O)Nc3ccccc32)c(=O)n(-c2ccccc2)n1C. The van der Waals surface area contributed by atoms with Gasteiger partial charge in [-0.1, -0.05) is 36.4 Å². The Hall–Kier alpha value is -5.14. The Morgan fingerprint density at radius 2 is 1.63 bits per heavy atom. The number of carbonyl (C=O) groups is 2. The highest BCUT2D eigenvalue weighted by atomic mass is 16.2. The third kappa shape index (κ3) is 3.26. The van der Waals surface area contributed by atoms with Crippen molar-refractivity contribution in [1.29, 1.82) is 15.8 Å². The lowest BCUT2D eigenvalue weighted by molar-refractivity contribution is -0.129. The normalized spacial score (nSPS) is 17.0. The van der Waals surface area contributed by atoms with Crippen LogP contribution in [0.4, 0.5) is 11.4 Å². The van der Waals surface area contributed by atoms with Gasteiger partial charge in [-0.2, -0.15) is 15.8 Å². The third-order valence-corrected chi connectivity index (χ3v) is 6.36.